The summed E-state index contributed by atoms with van der Waals surface area (Å²) in [7, 11) is 0. The minimum atomic E-state index is 0.279. The average Bonchev–Trinajstić information content (AvgIpc) is 3.09. The van der Waals surface area contributed by atoms with Gasteiger partial charge in [-0.05, 0) is 28.7 Å². The Hall–Kier alpha value is -1.87. The lowest BCUT2D eigenvalue weighted by atomic mass is 10.0. The van der Waals surface area contributed by atoms with E-state index in [9.17, 15) is 4.79 Å². The monoisotopic (exact) mass is 280 g/mol. The molecule has 21 heavy (non-hydrogen) atoms. The van der Waals surface area contributed by atoms with Crippen LogP contribution in [0.2, 0.25) is 0 Å². The molecular formula is C18H20N2O. The van der Waals surface area contributed by atoms with E-state index in [-0.39, 0.29) is 5.91 Å². The number of nitrogens with one attached hydrogen (secondary N) is 1. The van der Waals surface area contributed by atoms with Gasteiger partial charge in [-0.15, -0.1) is 0 Å². The molecule has 0 bridgehead atoms. The summed E-state index contributed by atoms with van der Waals surface area (Å²) in [6, 6.07) is 15.1. The minimum Gasteiger partial charge on any atom is -0.338 e. The number of likely N-dealkylation sites (tertiary alicyclic amines) is 1. The molecule has 3 nitrogen and oxygen atoms in total. The second-order valence-electron chi connectivity index (χ2n) is 6.22. The zero-order valence-electron chi connectivity index (χ0n) is 12.1. The molecule has 0 radical (unpaired) electrons. The van der Waals surface area contributed by atoms with E-state index >= 15 is 0 Å². The number of nitrogens with zero attached hydrogens (tertiary/aromatic N) is 1. The quantitative estimate of drug-likeness (QED) is 0.914. The highest BCUT2D eigenvalue weighted by atomic mass is 16.2. The molecular weight excluding hydrogens is 260 g/mol. The van der Waals surface area contributed by atoms with Crippen LogP contribution >= 0.6 is 0 Å². The van der Waals surface area contributed by atoms with Crippen molar-refractivity contribution in [2.75, 3.05) is 19.6 Å². The Morgan fingerprint density at radius 1 is 1.14 bits per heavy atom. The van der Waals surface area contributed by atoms with Crippen LogP contribution in [0.1, 0.15) is 12.0 Å². The van der Waals surface area contributed by atoms with Gasteiger partial charge in [0.05, 0.1) is 6.42 Å². The number of amides is 1. The van der Waals surface area contributed by atoms with Crippen molar-refractivity contribution in [2.45, 2.75) is 18.9 Å². The molecule has 2 aromatic rings. The molecule has 2 fully saturated rings. The Bertz CT molecular complexity index is 682. The zero-order valence-corrected chi connectivity index (χ0v) is 12.1. The molecule has 4 rings (SSSR count). The molecule has 2 aliphatic rings. The number of carbonyl (C=O) groups is 1. The van der Waals surface area contributed by atoms with E-state index < -0.39 is 0 Å². The van der Waals surface area contributed by atoms with E-state index in [1.807, 2.05) is 12.1 Å². The van der Waals surface area contributed by atoms with E-state index in [1.165, 1.54) is 10.8 Å². The maximum atomic E-state index is 12.6. The normalized spacial score (nSPS) is 24.5. The Balaban J connectivity index is 1.52. The maximum Gasteiger partial charge on any atom is 0.227 e. The van der Waals surface area contributed by atoms with Crippen LogP contribution in [0.3, 0.4) is 0 Å². The smallest absolute Gasteiger partial charge is 0.227 e. The summed E-state index contributed by atoms with van der Waals surface area (Å²) < 4.78 is 0. The van der Waals surface area contributed by atoms with E-state index in [0.717, 1.165) is 31.6 Å². The highest BCUT2D eigenvalue weighted by molar-refractivity contribution is 5.85. The maximum absolute atomic E-state index is 12.6. The Morgan fingerprint density at radius 2 is 2.00 bits per heavy atom. The van der Waals surface area contributed by atoms with Crippen LogP contribution < -0.4 is 5.32 Å². The molecule has 2 aromatic carbocycles. The van der Waals surface area contributed by atoms with Gasteiger partial charge in [0, 0.05) is 25.7 Å². The van der Waals surface area contributed by atoms with E-state index in [1.54, 1.807) is 0 Å². The predicted molar refractivity (Wildman–Crippen MR) is 84.1 cm³/mol. The first-order chi connectivity index (χ1) is 10.3. The molecule has 2 heterocycles. The molecule has 2 atom stereocenters. The lowest BCUT2D eigenvalue weighted by Crippen LogP contribution is -2.39. The first kappa shape index (κ1) is 12.8. The number of rotatable bonds is 2. The molecule has 0 saturated carbocycles. The molecule has 3 heteroatoms. The van der Waals surface area contributed by atoms with Gasteiger partial charge < -0.3 is 10.2 Å². The van der Waals surface area contributed by atoms with Crippen LogP contribution in [0, 0.1) is 5.92 Å². The van der Waals surface area contributed by atoms with Gasteiger partial charge in [-0.25, -0.2) is 0 Å². The van der Waals surface area contributed by atoms with Gasteiger partial charge in [-0.1, -0.05) is 42.5 Å². The van der Waals surface area contributed by atoms with Crippen molar-refractivity contribution in [2.24, 2.45) is 5.92 Å². The van der Waals surface area contributed by atoms with Gasteiger partial charge in [0.25, 0.3) is 0 Å². The Morgan fingerprint density at radius 3 is 2.90 bits per heavy atom. The highest BCUT2D eigenvalue weighted by Crippen LogP contribution is 2.28. The van der Waals surface area contributed by atoms with Gasteiger partial charge in [0.15, 0.2) is 0 Å². The summed E-state index contributed by atoms with van der Waals surface area (Å²) in [4.78, 5) is 14.7. The van der Waals surface area contributed by atoms with Gasteiger partial charge in [0.2, 0.25) is 5.91 Å². The van der Waals surface area contributed by atoms with Crippen molar-refractivity contribution < 1.29 is 4.79 Å². The summed E-state index contributed by atoms with van der Waals surface area (Å²) in [5.41, 5.74) is 1.12. The SMILES string of the molecule is O=C(Cc1ccc2ccccc2c1)N1CC[C@H]2CNC[C@H]21. The number of benzene rings is 2. The molecule has 0 unspecified atom stereocenters. The van der Waals surface area contributed by atoms with E-state index in [4.69, 9.17) is 0 Å². The van der Waals surface area contributed by atoms with Crippen LogP contribution in [0.25, 0.3) is 10.8 Å². The first-order valence-corrected chi connectivity index (χ1v) is 7.79. The van der Waals surface area contributed by atoms with Gasteiger partial charge in [-0.3, -0.25) is 4.79 Å². The first-order valence-electron chi connectivity index (χ1n) is 7.79. The summed E-state index contributed by atoms with van der Waals surface area (Å²) in [5.74, 6) is 0.951. The van der Waals surface area contributed by atoms with E-state index in [2.05, 4.69) is 40.5 Å². The molecule has 0 aliphatic carbocycles. The minimum absolute atomic E-state index is 0.279. The molecule has 0 spiro atoms. The summed E-state index contributed by atoms with van der Waals surface area (Å²) >= 11 is 0. The predicted octanol–water partition coefficient (Wildman–Crippen LogP) is 2.20. The molecule has 1 N–H and O–H groups in total. The summed E-state index contributed by atoms with van der Waals surface area (Å²) in [5, 5.41) is 5.85. The molecule has 1 amide bonds. The lowest BCUT2D eigenvalue weighted by Gasteiger charge is -2.23. The number of carbonyl (C=O) groups excluding carboxylic acids is 1. The number of fused-ring (bicyclic) bond motifs is 2. The zero-order chi connectivity index (χ0) is 14.2. The van der Waals surface area contributed by atoms with Crippen molar-refractivity contribution >= 4 is 16.7 Å². The van der Waals surface area contributed by atoms with Crippen LogP contribution in [0.4, 0.5) is 0 Å². The molecule has 0 aromatic heterocycles. The van der Waals surface area contributed by atoms with E-state index in [0.29, 0.717) is 18.4 Å². The fraction of sp³-hybridized carbons (Fsp3) is 0.389. The molecule has 2 saturated heterocycles. The fourth-order valence-corrected chi connectivity index (χ4v) is 3.78. The van der Waals surface area contributed by atoms with Crippen LogP contribution in [-0.2, 0) is 11.2 Å². The topological polar surface area (TPSA) is 32.3 Å². The Kier molecular flexibility index (Phi) is 3.15. The highest BCUT2D eigenvalue weighted by Gasteiger charge is 2.39. The van der Waals surface area contributed by atoms with Crippen molar-refractivity contribution in [1.29, 1.82) is 0 Å². The van der Waals surface area contributed by atoms with Crippen molar-refractivity contribution in [1.82, 2.24) is 10.2 Å². The Labute approximate surface area is 124 Å². The number of hydrogen-bond donors (Lipinski definition) is 1. The van der Waals surface area contributed by atoms with Gasteiger partial charge >= 0.3 is 0 Å². The summed E-state index contributed by atoms with van der Waals surface area (Å²) in [6.45, 7) is 2.97. The van der Waals surface area contributed by atoms with Gasteiger partial charge in [0.1, 0.15) is 0 Å². The molecule has 2 aliphatic heterocycles. The summed E-state index contributed by atoms with van der Waals surface area (Å²) in [6.07, 6.45) is 1.68. The lowest BCUT2D eigenvalue weighted by molar-refractivity contribution is -0.131. The van der Waals surface area contributed by atoms with Crippen LogP contribution in [0.5, 0.6) is 0 Å². The van der Waals surface area contributed by atoms with Crippen molar-refractivity contribution in [3.63, 3.8) is 0 Å². The average molecular weight is 280 g/mol. The fourth-order valence-electron chi connectivity index (χ4n) is 3.78. The number of hydrogen-bond acceptors (Lipinski definition) is 2. The van der Waals surface area contributed by atoms with Crippen LogP contribution in [-0.4, -0.2) is 36.5 Å². The molecule has 108 valence electrons. The van der Waals surface area contributed by atoms with Crippen molar-refractivity contribution in [3.8, 4) is 0 Å². The third-order valence-corrected chi connectivity index (χ3v) is 4.93. The van der Waals surface area contributed by atoms with Crippen LogP contribution in [0.15, 0.2) is 42.5 Å². The van der Waals surface area contributed by atoms with Crippen molar-refractivity contribution in [3.05, 3.63) is 48.0 Å². The largest absolute Gasteiger partial charge is 0.338 e. The second-order valence-corrected chi connectivity index (χ2v) is 6.22. The third kappa shape index (κ3) is 2.32. The van der Waals surface area contributed by atoms with Gasteiger partial charge in [-0.2, -0.15) is 0 Å². The standard InChI is InChI=1S/C18H20N2O/c21-18(20-8-7-16-11-19-12-17(16)20)10-13-5-6-14-3-1-2-4-15(14)9-13/h1-6,9,16-17,19H,7-8,10-12H2/t16-,17+/m0/s1. The third-order valence-electron chi connectivity index (χ3n) is 4.93. The second kappa shape index (κ2) is 5.15.